The monoisotopic (exact) mass is 446 g/mol. The van der Waals surface area contributed by atoms with E-state index in [-0.39, 0.29) is 71.9 Å². The van der Waals surface area contributed by atoms with E-state index in [0.717, 1.165) is 0 Å². The highest BCUT2D eigenvalue weighted by Gasteiger charge is 1.92. The lowest BCUT2D eigenvalue weighted by Crippen LogP contribution is -2.07. The summed E-state index contributed by atoms with van der Waals surface area (Å²) in [6, 6.07) is 0. The fraction of sp³-hybridized carbons (Fsp3) is 0. The van der Waals surface area contributed by atoms with Crippen LogP contribution in [0.1, 0.15) is 0 Å². The second kappa shape index (κ2) is 15.7. The second-order valence-electron chi connectivity index (χ2n) is 0.346. The van der Waals surface area contributed by atoms with Gasteiger partial charge in [-0.3, -0.25) is 0 Å². The quantitative estimate of drug-likeness (QED) is 0.358. The van der Waals surface area contributed by atoms with Gasteiger partial charge in [-0.15, -0.1) is 71.9 Å². The largest absolute Gasteiger partial charge is 0.631 e. The summed E-state index contributed by atoms with van der Waals surface area (Å²) in [5, 5.41) is 21.5. The fourth-order valence-electron chi connectivity index (χ4n) is 0. The lowest BCUT2D eigenvalue weighted by atomic mass is 10.3. The summed E-state index contributed by atoms with van der Waals surface area (Å²) >= 11 is 0. The first-order valence-corrected chi connectivity index (χ1v) is 0.775. The zero-order valence-electron chi connectivity index (χ0n) is 3.14. The van der Waals surface area contributed by atoms with E-state index in [9.17, 15) is 0 Å². The molecule has 0 aromatic heterocycles. The van der Waals surface area contributed by atoms with Crippen LogP contribution >= 0.6 is 71.9 Å². The van der Waals surface area contributed by atoms with Crippen molar-refractivity contribution in [3.05, 3.63) is 0 Å². The third-order valence-corrected chi connectivity index (χ3v) is 0. The van der Waals surface area contributed by atoms with Gasteiger partial charge in [-0.2, -0.15) is 0 Å². The molecule has 3 N–H and O–H groups in total. The molecule has 0 spiro atoms. The van der Waals surface area contributed by atoms with Crippen molar-refractivity contribution < 1.29 is 15.1 Å². The van der Waals surface area contributed by atoms with Crippen molar-refractivity contribution in [2.75, 3.05) is 0 Å². The SMILES string of the molecule is I.I.I.OB(O)O. The van der Waals surface area contributed by atoms with Crippen molar-refractivity contribution in [3.63, 3.8) is 0 Å². The van der Waals surface area contributed by atoms with Gasteiger partial charge in [0.2, 0.25) is 0 Å². The zero-order valence-corrected chi connectivity index (χ0v) is 10.1. The van der Waals surface area contributed by atoms with Crippen molar-refractivity contribution in [3.8, 4) is 0 Å². The molecule has 0 aliphatic carbocycles. The van der Waals surface area contributed by atoms with Crippen LogP contribution in [0.5, 0.6) is 0 Å². The molecule has 7 heavy (non-hydrogen) atoms. The minimum absolute atomic E-state index is 0. The van der Waals surface area contributed by atoms with E-state index in [1.807, 2.05) is 0 Å². The summed E-state index contributed by atoms with van der Waals surface area (Å²) in [4.78, 5) is 0. The van der Waals surface area contributed by atoms with Crippen LogP contribution in [0.15, 0.2) is 0 Å². The molecule has 0 fully saturated rings. The average molecular weight is 446 g/mol. The summed E-state index contributed by atoms with van der Waals surface area (Å²) in [5.41, 5.74) is 0. The normalized spacial score (nSPS) is 3.86. The van der Waals surface area contributed by atoms with Gasteiger partial charge in [-0.1, -0.05) is 0 Å². The van der Waals surface area contributed by atoms with E-state index in [1.165, 1.54) is 0 Å². The molecule has 0 bridgehead atoms. The smallest absolute Gasteiger partial charge is 0.402 e. The molecule has 0 amide bonds. The van der Waals surface area contributed by atoms with Gasteiger partial charge in [-0.25, -0.2) is 0 Å². The Morgan fingerprint density at radius 1 is 0.714 bits per heavy atom. The first-order valence-electron chi connectivity index (χ1n) is 0.775. The van der Waals surface area contributed by atoms with Crippen LogP contribution < -0.4 is 0 Å². The van der Waals surface area contributed by atoms with Gasteiger partial charge in [-0.05, 0) is 0 Å². The Kier molecular flexibility index (Phi) is 51.4. The third kappa shape index (κ3) is 67.2. The molecule has 0 atom stereocenters. The summed E-state index contributed by atoms with van der Waals surface area (Å²) in [5.74, 6) is 0. The van der Waals surface area contributed by atoms with Gasteiger partial charge in [0.15, 0.2) is 0 Å². The van der Waals surface area contributed by atoms with Crippen molar-refractivity contribution in [1.82, 2.24) is 0 Å². The molecule has 0 aliphatic heterocycles. The number of hydrogen-bond donors (Lipinski definition) is 3. The Balaban J connectivity index is -0.0000000150. The molecule has 0 saturated heterocycles. The molecule has 0 radical (unpaired) electrons. The van der Waals surface area contributed by atoms with Crippen LogP contribution in [-0.4, -0.2) is 22.4 Å². The summed E-state index contributed by atoms with van der Waals surface area (Å²) in [6.07, 6.45) is 0. The van der Waals surface area contributed by atoms with E-state index in [0.29, 0.717) is 0 Å². The highest BCUT2D eigenvalue weighted by molar-refractivity contribution is 14.0. The first kappa shape index (κ1) is 22.9. The Morgan fingerprint density at radius 2 is 0.714 bits per heavy atom. The van der Waals surface area contributed by atoms with Gasteiger partial charge >= 0.3 is 7.32 Å². The maximum Gasteiger partial charge on any atom is 0.631 e. The molecule has 0 saturated carbocycles. The highest BCUT2D eigenvalue weighted by atomic mass is 127. The third-order valence-electron chi connectivity index (χ3n) is 0. The molecule has 48 valence electrons. The van der Waals surface area contributed by atoms with Crippen molar-refractivity contribution >= 4 is 79.3 Å². The van der Waals surface area contributed by atoms with Crippen LogP contribution in [-0.2, 0) is 0 Å². The molecule has 0 heterocycles. The Morgan fingerprint density at radius 3 is 0.714 bits per heavy atom. The molecule has 0 aromatic rings. The topological polar surface area (TPSA) is 60.7 Å². The predicted molar refractivity (Wildman–Crippen MR) is 58.7 cm³/mol. The molecular formula is H6BI3O3. The summed E-state index contributed by atoms with van der Waals surface area (Å²) in [7, 11) is -2.17. The van der Waals surface area contributed by atoms with E-state index in [2.05, 4.69) is 0 Å². The highest BCUT2D eigenvalue weighted by Crippen LogP contribution is 1.40. The minimum Gasteiger partial charge on any atom is -0.402 e. The van der Waals surface area contributed by atoms with E-state index < -0.39 is 7.32 Å². The van der Waals surface area contributed by atoms with Crippen molar-refractivity contribution in [2.24, 2.45) is 0 Å². The van der Waals surface area contributed by atoms with Crippen LogP contribution in [0.4, 0.5) is 0 Å². The first-order chi connectivity index (χ1) is 1.73. The van der Waals surface area contributed by atoms with Crippen LogP contribution in [0, 0.1) is 0 Å². The van der Waals surface area contributed by atoms with Gasteiger partial charge < -0.3 is 15.1 Å². The van der Waals surface area contributed by atoms with Gasteiger partial charge in [0.25, 0.3) is 0 Å². The van der Waals surface area contributed by atoms with Gasteiger partial charge in [0, 0.05) is 0 Å². The van der Waals surface area contributed by atoms with E-state index in [4.69, 9.17) is 15.1 Å². The lowest BCUT2D eigenvalue weighted by molar-refractivity contribution is 0.278. The van der Waals surface area contributed by atoms with E-state index in [1.54, 1.807) is 0 Å². The zero-order chi connectivity index (χ0) is 3.58. The molecule has 0 rings (SSSR count). The molecule has 0 aromatic carbocycles. The van der Waals surface area contributed by atoms with Crippen LogP contribution in [0.2, 0.25) is 0 Å². The number of halogens is 3. The number of hydrogen-bond acceptors (Lipinski definition) is 3. The fourth-order valence-corrected chi connectivity index (χ4v) is 0. The van der Waals surface area contributed by atoms with Gasteiger partial charge in [0.05, 0.1) is 0 Å². The van der Waals surface area contributed by atoms with Crippen molar-refractivity contribution in [2.45, 2.75) is 0 Å². The number of rotatable bonds is 0. The standard InChI is InChI=1S/BH3O3.3HI/c2-1(3)4;;;/h2-4H;3*1H. The van der Waals surface area contributed by atoms with Crippen LogP contribution in [0.25, 0.3) is 0 Å². The second-order valence-corrected chi connectivity index (χ2v) is 0.346. The molecular weight excluding hydrogens is 440 g/mol. The molecule has 7 heteroatoms. The molecule has 0 unspecified atom stereocenters. The Labute approximate surface area is 93.1 Å². The maximum atomic E-state index is 7.17. The average Bonchev–Trinajstić information content (AvgIpc) is 0.811. The predicted octanol–water partition coefficient (Wildman–Crippen LogP) is -0.198. The maximum absolute atomic E-state index is 7.17. The van der Waals surface area contributed by atoms with Crippen molar-refractivity contribution in [1.29, 1.82) is 0 Å². The Hall–Kier alpha value is 2.13. The molecule has 0 aliphatic rings. The van der Waals surface area contributed by atoms with E-state index >= 15 is 0 Å². The Bertz CT molecular complexity index is 14.9. The summed E-state index contributed by atoms with van der Waals surface area (Å²) < 4.78 is 0. The van der Waals surface area contributed by atoms with Crippen LogP contribution in [0.3, 0.4) is 0 Å². The minimum atomic E-state index is -2.17. The molecule has 3 nitrogen and oxygen atoms in total. The lowest BCUT2D eigenvalue weighted by Gasteiger charge is -1.69. The summed E-state index contributed by atoms with van der Waals surface area (Å²) in [6.45, 7) is 0. The van der Waals surface area contributed by atoms with Gasteiger partial charge in [0.1, 0.15) is 0 Å².